The van der Waals surface area contributed by atoms with Crippen LogP contribution in [0.25, 0.3) is 22.2 Å². The second-order valence-corrected chi connectivity index (χ2v) is 11.0. The van der Waals surface area contributed by atoms with Crippen LogP contribution in [0.5, 0.6) is 0 Å². The molecular weight excluding hydrogens is 527 g/mol. The standard InChI is InChI=1S/C30H29FN6O2S/c1-3-36(30-35-28(27(16-32)40-30)19-6-8-20(31)9-7-19)25-15-24(18-4-5-18)34-23-11-10-21(14-22(23)25)37-13-12-33-17-26(37)29(38)39-2/h6-11,14-15,18,26,33H,3-5,12-13,17H2,1-2H3. The zero-order chi connectivity index (χ0) is 27.8. The van der Waals surface area contributed by atoms with Gasteiger partial charge < -0.3 is 19.9 Å². The highest BCUT2D eigenvalue weighted by atomic mass is 32.1. The lowest BCUT2D eigenvalue weighted by molar-refractivity contribution is -0.142. The molecule has 3 heterocycles. The molecule has 1 unspecified atom stereocenters. The van der Waals surface area contributed by atoms with Crippen LogP contribution >= 0.6 is 11.3 Å². The number of hydrogen-bond donors (Lipinski definition) is 1. The zero-order valence-electron chi connectivity index (χ0n) is 22.4. The first-order valence-electron chi connectivity index (χ1n) is 13.4. The number of anilines is 3. The number of aromatic nitrogens is 2. The summed E-state index contributed by atoms with van der Waals surface area (Å²) in [6, 6.07) is 16.2. The summed E-state index contributed by atoms with van der Waals surface area (Å²) < 4.78 is 18.7. The number of benzene rings is 2. The lowest BCUT2D eigenvalue weighted by Gasteiger charge is -2.36. The Hall–Kier alpha value is -4.07. The van der Waals surface area contributed by atoms with E-state index in [9.17, 15) is 14.4 Å². The summed E-state index contributed by atoms with van der Waals surface area (Å²) >= 11 is 1.32. The van der Waals surface area contributed by atoms with E-state index in [-0.39, 0.29) is 11.8 Å². The number of nitriles is 1. The number of fused-ring (bicyclic) bond motifs is 1. The minimum atomic E-state index is -0.420. The number of nitrogens with zero attached hydrogens (tertiary/aromatic N) is 5. The fraction of sp³-hybridized carbons (Fsp3) is 0.333. The molecule has 40 heavy (non-hydrogen) atoms. The van der Waals surface area contributed by atoms with Crippen molar-refractivity contribution in [1.82, 2.24) is 15.3 Å². The van der Waals surface area contributed by atoms with Crippen LogP contribution in [0.4, 0.5) is 20.9 Å². The summed E-state index contributed by atoms with van der Waals surface area (Å²) in [5.74, 6) is -0.164. The summed E-state index contributed by atoms with van der Waals surface area (Å²) in [5.41, 5.74) is 5.06. The number of halogens is 1. The number of piperazine rings is 1. The molecule has 0 amide bonds. The summed E-state index contributed by atoms with van der Waals surface area (Å²) in [6.45, 7) is 4.62. The molecule has 0 spiro atoms. The van der Waals surface area contributed by atoms with Crippen LogP contribution in [0.1, 0.15) is 36.3 Å². The number of pyridine rings is 1. The van der Waals surface area contributed by atoms with Crippen molar-refractivity contribution < 1.29 is 13.9 Å². The molecule has 10 heteroatoms. The molecule has 1 N–H and O–H groups in total. The smallest absolute Gasteiger partial charge is 0.329 e. The van der Waals surface area contributed by atoms with Gasteiger partial charge in [-0.1, -0.05) is 11.3 Å². The van der Waals surface area contributed by atoms with Crippen molar-refractivity contribution in [2.45, 2.75) is 31.7 Å². The fourth-order valence-corrected chi connectivity index (χ4v) is 6.24. The molecule has 4 aromatic rings. The number of nitrogens with one attached hydrogen (secondary N) is 1. The Balaban J connectivity index is 1.47. The van der Waals surface area contributed by atoms with E-state index in [0.717, 1.165) is 47.4 Å². The van der Waals surface area contributed by atoms with Gasteiger partial charge in [0.15, 0.2) is 5.13 Å². The third-order valence-corrected chi connectivity index (χ3v) is 8.49. The predicted molar refractivity (Wildman–Crippen MR) is 155 cm³/mol. The number of rotatable bonds is 7. The van der Waals surface area contributed by atoms with Gasteiger partial charge in [-0.15, -0.1) is 0 Å². The summed E-state index contributed by atoms with van der Waals surface area (Å²) in [5, 5.41) is 14.8. The highest BCUT2D eigenvalue weighted by Crippen LogP contribution is 2.44. The summed E-state index contributed by atoms with van der Waals surface area (Å²) in [6.07, 6.45) is 2.24. The molecule has 1 atom stereocenters. The minimum Gasteiger partial charge on any atom is -0.467 e. The number of hydrogen-bond acceptors (Lipinski definition) is 9. The number of thiazole rings is 1. The van der Waals surface area contributed by atoms with Gasteiger partial charge in [-0.3, -0.25) is 4.98 Å². The number of methoxy groups -OCH3 is 1. The first-order valence-corrected chi connectivity index (χ1v) is 14.3. The Morgan fingerprint density at radius 2 is 2.02 bits per heavy atom. The van der Waals surface area contributed by atoms with Crippen molar-refractivity contribution in [3.05, 3.63) is 64.9 Å². The molecule has 1 saturated carbocycles. The van der Waals surface area contributed by atoms with Gasteiger partial charge in [0.2, 0.25) is 0 Å². The monoisotopic (exact) mass is 556 g/mol. The average molecular weight is 557 g/mol. The van der Waals surface area contributed by atoms with Gasteiger partial charge in [0.1, 0.15) is 28.5 Å². The Morgan fingerprint density at radius 3 is 2.73 bits per heavy atom. The first-order chi connectivity index (χ1) is 19.5. The maximum absolute atomic E-state index is 13.6. The molecule has 2 aliphatic rings. The molecule has 204 valence electrons. The van der Waals surface area contributed by atoms with Crippen molar-refractivity contribution in [2.24, 2.45) is 0 Å². The van der Waals surface area contributed by atoms with Crippen LogP contribution in [0.15, 0.2) is 48.5 Å². The SMILES string of the molecule is CCN(c1nc(-c2ccc(F)cc2)c(C#N)s1)c1cc(C2CC2)nc2ccc(N3CCNCC3C(=O)OC)cc12. The van der Waals surface area contributed by atoms with Gasteiger partial charge in [0, 0.05) is 54.4 Å². The Labute approximate surface area is 236 Å². The maximum atomic E-state index is 13.6. The average Bonchev–Trinajstić information content (AvgIpc) is 3.76. The number of carbonyl (C=O) groups is 1. The van der Waals surface area contributed by atoms with Gasteiger partial charge in [0.05, 0.1) is 18.3 Å². The van der Waals surface area contributed by atoms with Gasteiger partial charge >= 0.3 is 5.97 Å². The van der Waals surface area contributed by atoms with Gasteiger partial charge in [-0.2, -0.15) is 5.26 Å². The largest absolute Gasteiger partial charge is 0.467 e. The summed E-state index contributed by atoms with van der Waals surface area (Å²) in [4.78, 5) is 27.1. The van der Waals surface area contributed by atoms with Crippen molar-refractivity contribution in [1.29, 1.82) is 5.26 Å². The van der Waals surface area contributed by atoms with Crippen molar-refractivity contribution in [3.63, 3.8) is 0 Å². The van der Waals surface area contributed by atoms with Crippen molar-refractivity contribution >= 4 is 44.7 Å². The molecule has 8 nitrogen and oxygen atoms in total. The molecule has 1 aliphatic heterocycles. The quantitative estimate of drug-likeness (QED) is 0.304. The van der Waals surface area contributed by atoms with Crippen molar-refractivity contribution in [2.75, 3.05) is 43.1 Å². The molecule has 0 radical (unpaired) electrons. The number of esters is 1. The van der Waals surface area contributed by atoms with Crippen LogP contribution in [-0.2, 0) is 9.53 Å². The van der Waals surface area contributed by atoms with Gasteiger partial charge in [-0.05, 0) is 68.3 Å². The molecule has 1 aliphatic carbocycles. The third-order valence-electron chi connectivity index (χ3n) is 7.51. The van der Waals surface area contributed by atoms with Gasteiger partial charge in [-0.25, -0.2) is 14.2 Å². The highest BCUT2D eigenvalue weighted by Gasteiger charge is 2.31. The normalized spacial score (nSPS) is 17.1. The predicted octanol–water partition coefficient (Wildman–Crippen LogP) is 5.36. The number of carbonyl (C=O) groups excluding carboxylic acids is 1. The van der Waals surface area contributed by atoms with E-state index in [2.05, 4.69) is 40.2 Å². The van der Waals surface area contributed by atoms with Crippen LogP contribution in [0, 0.1) is 17.1 Å². The molecule has 1 saturated heterocycles. The van der Waals surface area contributed by atoms with Crippen LogP contribution in [0.3, 0.4) is 0 Å². The van der Waals surface area contributed by atoms with Crippen molar-refractivity contribution in [3.8, 4) is 17.3 Å². The van der Waals surface area contributed by atoms with Crippen LogP contribution < -0.4 is 15.1 Å². The molecule has 2 aromatic carbocycles. The molecule has 2 fully saturated rings. The van der Waals surface area contributed by atoms with Crippen LogP contribution in [0.2, 0.25) is 0 Å². The lowest BCUT2D eigenvalue weighted by Crippen LogP contribution is -2.55. The van der Waals surface area contributed by atoms with Crippen LogP contribution in [-0.4, -0.2) is 55.3 Å². The van der Waals surface area contributed by atoms with E-state index >= 15 is 0 Å². The molecule has 6 rings (SSSR count). The van der Waals surface area contributed by atoms with E-state index in [1.807, 2.05) is 12.1 Å². The topological polar surface area (TPSA) is 94.4 Å². The second-order valence-electron chi connectivity index (χ2n) is 10.0. The summed E-state index contributed by atoms with van der Waals surface area (Å²) in [7, 11) is 1.42. The molecule has 2 aromatic heterocycles. The zero-order valence-corrected chi connectivity index (χ0v) is 23.2. The van der Waals surface area contributed by atoms with E-state index in [0.29, 0.717) is 46.8 Å². The van der Waals surface area contributed by atoms with E-state index in [1.165, 1.54) is 30.6 Å². The third kappa shape index (κ3) is 4.87. The molecule has 0 bridgehead atoms. The van der Waals surface area contributed by atoms with E-state index < -0.39 is 6.04 Å². The Kier molecular flexibility index (Phi) is 7.09. The number of ether oxygens (including phenoxy) is 1. The van der Waals surface area contributed by atoms with Gasteiger partial charge in [0.25, 0.3) is 0 Å². The Bertz CT molecular complexity index is 1610. The highest BCUT2D eigenvalue weighted by molar-refractivity contribution is 7.16. The molecular formula is C30H29FN6O2S. The second kappa shape index (κ2) is 10.8. The maximum Gasteiger partial charge on any atom is 0.329 e. The lowest BCUT2D eigenvalue weighted by atomic mass is 10.1. The van der Waals surface area contributed by atoms with E-state index in [4.69, 9.17) is 14.7 Å². The minimum absolute atomic E-state index is 0.273. The first kappa shape index (κ1) is 26.2. The Morgan fingerprint density at radius 1 is 1.23 bits per heavy atom. The fourth-order valence-electron chi connectivity index (χ4n) is 5.28. The van der Waals surface area contributed by atoms with E-state index in [1.54, 1.807) is 12.1 Å².